The zero-order valence-electron chi connectivity index (χ0n) is 14.6. The monoisotopic (exact) mass is 352 g/mol. The van der Waals surface area contributed by atoms with Gasteiger partial charge in [-0.05, 0) is 43.7 Å². The lowest BCUT2D eigenvalue weighted by Crippen LogP contribution is -2.07. The van der Waals surface area contributed by atoms with Crippen LogP contribution in [0.1, 0.15) is 19.8 Å². The fraction of sp³-hybridized carbons (Fsp3) is 0.300. The van der Waals surface area contributed by atoms with Gasteiger partial charge in [0, 0.05) is 18.5 Å². The zero-order valence-corrected chi connectivity index (χ0v) is 14.6. The number of fused-ring (bicyclic) bond motifs is 2. The van der Waals surface area contributed by atoms with Crippen LogP contribution in [0.25, 0.3) is 22.4 Å². The Balaban J connectivity index is 1.66. The second kappa shape index (κ2) is 7.07. The van der Waals surface area contributed by atoms with E-state index in [9.17, 15) is 4.79 Å². The van der Waals surface area contributed by atoms with Crippen molar-refractivity contribution in [3.05, 3.63) is 42.5 Å². The van der Waals surface area contributed by atoms with E-state index in [2.05, 4.69) is 4.57 Å². The molecule has 1 aromatic heterocycles. The molecule has 0 radical (unpaired) electrons. The molecule has 2 heterocycles. The number of imidazole rings is 1. The quantitative estimate of drug-likeness (QED) is 0.632. The van der Waals surface area contributed by atoms with Gasteiger partial charge in [-0.15, -0.1) is 0 Å². The summed E-state index contributed by atoms with van der Waals surface area (Å²) in [5.41, 5.74) is 2.93. The summed E-state index contributed by atoms with van der Waals surface area (Å²) in [5.74, 6) is 2.17. The van der Waals surface area contributed by atoms with Crippen molar-refractivity contribution in [2.75, 3.05) is 13.4 Å². The molecule has 0 aliphatic carbocycles. The molecule has 3 aromatic rings. The highest BCUT2D eigenvalue weighted by molar-refractivity contribution is 5.81. The number of esters is 1. The van der Waals surface area contributed by atoms with Crippen molar-refractivity contribution in [2.45, 2.75) is 26.3 Å². The zero-order chi connectivity index (χ0) is 17.9. The average Bonchev–Trinajstić information content (AvgIpc) is 3.26. The number of rotatable bonds is 6. The second-order valence-corrected chi connectivity index (χ2v) is 6.05. The first-order chi connectivity index (χ1) is 12.8. The highest BCUT2D eigenvalue weighted by Crippen LogP contribution is 2.36. The molecule has 0 fully saturated rings. The molecule has 0 spiro atoms. The van der Waals surface area contributed by atoms with E-state index in [1.165, 1.54) is 0 Å². The van der Waals surface area contributed by atoms with Gasteiger partial charge >= 0.3 is 5.97 Å². The van der Waals surface area contributed by atoms with Crippen molar-refractivity contribution in [1.82, 2.24) is 9.55 Å². The summed E-state index contributed by atoms with van der Waals surface area (Å²) in [6.07, 6.45) is 1.08. The van der Waals surface area contributed by atoms with Crippen LogP contribution in [-0.2, 0) is 16.1 Å². The molecule has 0 saturated heterocycles. The number of nitrogens with zero attached hydrogens (tertiary/aromatic N) is 2. The van der Waals surface area contributed by atoms with Crippen LogP contribution in [0.5, 0.6) is 11.5 Å². The number of ether oxygens (including phenoxy) is 3. The topological polar surface area (TPSA) is 62.6 Å². The molecule has 0 saturated carbocycles. The molecular weight excluding hydrogens is 332 g/mol. The van der Waals surface area contributed by atoms with Gasteiger partial charge in [0.05, 0.1) is 17.6 Å². The van der Waals surface area contributed by atoms with E-state index < -0.39 is 0 Å². The normalized spacial score (nSPS) is 12.5. The van der Waals surface area contributed by atoms with Gasteiger partial charge in [-0.2, -0.15) is 0 Å². The van der Waals surface area contributed by atoms with Crippen molar-refractivity contribution in [3.63, 3.8) is 0 Å². The van der Waals surface area contributed by atoms with E-state index >= 15 is 0 Å². The van der Waals surface area contributed by atoms with Crippen molar-refractivity contribution >= 4 is 17.0 Å². The minimum atomic E-state index is -0.165. The fourth-order valence-corrected chi connectivity index (χ4v) is 3.17. The summed E-state index contributed by atoms with van der Waals surface area (Å²) in [7, 11) is 0. The Morgan fingerprint density at radius 1 is 1.19 bits per heavy atom. The standard InChI is InChI=1S/C20H20N2O4/c1-2-24-19(23)8-5-11-22-16-7-4-3-6-15(16)21-20(22)14-9-10-17-18(12-14)26-13-25-17/h3-4,6-7,9-10,12H,2,5,8,11,13H2,1H3. The molecule has 0 amide bonds. The third kappa shape index (κ3) is 3.10. The van der Waals surface area contributed by atoms with Crippen molar-refractivity contribution in [2.24, 2.45) is 0 Å². The summed E-state index contributed by atoms with van der Waals surface area (Å²) in [6.45, 7) is 3.16. The lowest BCUT2D eigenvalue weighted by atomic mass is 10.2. The predicted octanol–water partition coefficient (Wildman–Crippen LogP) is 3.78. The Bertz CT molecular complexity index is 948. The van der Waals surface area contributed by atoms with Crippen LogP contribution < -0.4 is 9.47 Å². The lowest BCUT2D eigenvalue weighted by molar-refractivity contribution is -0.143. The summed E-state index contributed by atoms with van der Waals surface area (Å²) in [6, 6.07) is 13.8. The third-order valence-corrected chi connectivity index (χ3v) is 4.35. The van der Waals surface area contributed by atoms with E-state index in [0.29, 0.717) is 26.0 Å². The van der Waals surface area contributed by atoms with Crippen molar-refractivity contribution in [3.8, 4) is 22.9 Å². The van der Waals surface area contributed by atoms with Gasteiger partial charge in [0.1, 0.15) is 5.82 Å². The number of carbonyl (C=O) groups excluding carboxylic acids is 1. The van der Waals surface area contributed by atoms with E-state index in [1.54, 1.807) is 0 Å². The maximum atomic E-state index is 11.6. The number of aryl methyl sites for hydroxylation is 1. The van der Waals surface area contributed by atoms with Crippen LogP contribution in [0.15, 0.2) is 42.5 Å². The molecule has 0 unspecified atom stereocenters. The van der Waals surface area contributed by atoms with Gasteiger partial charge in [0.2, 0.25) is 6.79 Å². The maximum Gasteiger partial charge on any atom is 0.305 e. The van der Waals surface area contributed by atoms with Crippen LogP contribution in [0.4, 0.5) is 0 Å². The fourth-order valence-electron chi connectivity index (χ4n) is 3.17. The van der Waals surface area contributed by atoms with Gasteiger partial charge in [0.25, 0.3) is 0 Å². The average molecular weight is 352 g/mol. The van der Waals surface area contributed by atoms with E-state index in [0.717, 1.165) is 33.9 Å². The minimum absolute atomic E-state index is 0.165. The van der Waals surface area contributed by atoms with Crippen LogP contribution in [-0.4, -0.2) is 28.9 Å². The molecule has 0 bridgehead atoms. The Labute approximate surface area is 151 Å². The van der Waals surface area contributed by atoms with Crippen LogP contribution >= 0.6 is 0 Å². The van der Waals surface area contributed by atoms with Crippen LogP contribution in [0.3, 0.4) is 0 Å². The van der Waals surface area contributed by atoms with Gasteiger partial charge in [-0.25, -0.2) is 4.98 Å². The van der Waals surface area contributed by atoms with Crippen LogP contribution in [0.2, 0.25) is 0 Å². The summed E-state index contributed by atoms with van der Waals surface area (Å²) >= 11 is 0. The first-order valence-corrected chi connectivity index (χ1v) is 8.77. The molecule has 26 heavy (non-hydrogen) atoms. The van der Waals surface area contributed by atoms with Crippen LogP contribution in [0, 0.1) is 0 Å². The molecule has 0 N–H and O–H groups in total. The molecule has 4 rings (SSSR count). The maximum absolute atomic E-state index is 11.6. The van der Waals surface area contributed by atoms with Crippen molar-refractivity contribution in [1.29, 1.82) is 0 Å². The molecule has 2 aromatic carbocycles. The number of hydrogen-bond acceptors (Lipinski definition) is 5. The number of carbonyl (C=O) groups is 1. The smallest absolute Gasteiger partial charge is 0.305 e. The molecule has 0 atom stereocenters. The van der Waals surface area contributed by atoms with E-state index in [4.69, 9.17) is 19.2 Å². The SMILES string of the molecule is CCOC(=O)CCCn1c(-c2ccc3c(c2)OCO3)nc2ccccc21. The first kappa shape index (κ1) is 16.4. The van der Waals surface area contributed by atoms with E-state index in [-0.39, 0.29) is 12.8 Å². The lowest BCUT2D eigenvalue weighted by Gasteiger charge is -2.10. The largest absolute Gasteiger partial charge is 0.466 e. The third-order valence-electron chi connectivity index (χ3n) is 4.35. The Hall–Kier alpha value is -3.02. The highest BCUT2D eigenvalue weighted by atomic mass is 16.7. The van der Waals surface area contributed by atoms with E-state index in [1.807, 2.05) is 49.4 Å². The van der Waals surface area contributed by atoms with Gasteiger partial charge in [0.15, 0.2) is 11.5 Å². The molecule has 1 aliphatic rings. The van der Waals surface area contributed by atoms with Gasteiger partial charge in [-0.1, -0.05) is 12.1 Å². The minimum Gasteiger partial charge on any atom is -0.466 e. The van der Waals surface area contributed by atoms with Gasteiger partial charge in [-0.3, -0.25) is 4.79 Å². The summed E-state index contributed by atoms with van der Waals surface area (Å²) < 4.78 is 18.1. The Morgan fingerprint density at radius 3 is 2.92 bits per heavy atom. The molecule has 6 nitrogen and oxygen atoms in total. The number of benzene rings is 2. The summed E-state index contributed by atoms with van der Waals surface area (Å²) in [5, 5.41) is 0. The molecular formula is C20H20N2O4. The van der Waals surface area contributed by atoms with Crippen molar-refractivity contribution < 1.29 is 19.0 Å². The number of aromatic nitrogens is 2. The predicted molar refractivity (Wildman–Crippen MR) is 97.2 cm³/mol. The molecule has 134 valence electrons. The highest BCUT2D eigenvalue weighted by Gasteiger charge is 2.18. The second-order valence-electron chi connectivity index (χ2n) is 6.05. The summed E-state index contributed by atoms with van der Waals surface area (Å²) in [4.78, 5) is 16.4. The number of hydrogen-bond donors (Lipinski definition) is 0. The first-order valence-electron chi connectivity index (χ1n) is 8.77. The molecule has 1 aliphatic heterocycles. The Morgan fingerprint density at radius 2 is 2.04 bits per heavy atom. The molecule has 6 heteroatoms. The van der Waals surface area contributed by atoms with Gasteiger partial charge < -0.3 is 18.8 Å². The number of para-hydroxylation sites is 2. The Kier molecular flexibility index (Phi) is 4.48.